The second-order valence-corrected chi connectivity index (χ2v) is 8.15. The van der Waals surface area contributed by atoms with E-state index in [-0.39, 0.29) is 30.1 Å². The van der Waals surface area contributed by atoms with E-state index >= 15 is 0 Å². The van der Waals surface area contributed by atoms with E-state index in [1.54, 1.807) is 0 Å². The lowest BCUT2D eigenvalue weighted by Gasteiger charge is -2.34. The second kappa shape index (κ2) is 9.22. The van der Waals surface area contributed by atoms with Crippen LogP contribution < -0.4 is 5.32 Å². The van der Waals surface area contributed by atoms with Crippen molar-refractivity contribution in [2.45, 2.75) is 57.6 Å². The highest BCUT2D eigenvalue weighted by Crippen LogP contribution is 2.36. The lowest BCUT2D eigenvalue weighted by Crippen LogP contribution is -2.48. The van der Waals surface area contributed by atoms with Crippen LogP contribution in [0.1, 0.15) is 45.4 Å². The third-order valence-corrected chi connectivity index (χ3v) is 6.52. The number of aliphatic imine (C=N–C) groups is 1. The van der Waals surface area contributed by atoms with Gasteiger partial charge in [0, 0.05) is 32.2 Å². The molecule has 5 nitrogen and oxygen atoms in total. The lowest BCUT2D eigenvalue weighted by atomic mass is 9.82. The van der Waals surface area contributed by atoms with Crippen molar-refractivity contribution in [2.75, 3.05) is 45.9 Å². The molecule has 144 valence electrons. The number of hydrogen-bond acceptors (Lipinski definition) is 3. The van der Waals surface area contributed by atoms with Crippen molar-refractivity contribution in [1.82, 2.24) is 15.1 Å². The Morgan fingerprint density at radius 2 is 1.84 bits per heavy atom. The SMILES string of the molecule is CCNC(=NCC1CN2CCCC2CO1)N1CC2CCCCC2C1.I. The summed E-state index contributed by atoms with van der Waals surface area (Å²) in [5.41, 5.74) is 0. The van der Waals surface area contributed by atoms with Crippen molar-refractivity contribution in [2.24, 2.45) is 16.8 Å². The molecular formula is C19H35IN4O. The maximum Gasteiger partial charge on any atom is 0.194 e. The molecule has 0 spiro atoms. The molecule has 4 fully saturated rings. The molecule has 4 unspecified atom stereocenters. The van der Waals surface area contributed by atoms with E-state index in [2.05, 4.69) is 22.0 Å². The number of rotatable bonds is 3. The highest BCUT2D eigenvalue weighted by atomic mass is 127. The summed E-state index contributed by atoms with van der Waals surface area (Å²) in [7, 11) is 0. The molecule has 4 aliphatic rings. The van der Waals surface area contributed by atoms with Crippen LogP contribution in [0.4, 0.5) is 0 Å². The van der Waals surface area contributed by atoms with Gasteiger partial charge in [0.05, 0.1) is 19.3 Å². The molecule has 3 heterocycles. The molecule has 1 N–H and O–H groups in total. The summed E-state index contributed by atoms with van der Waals surface area (Å²) in [4.78, 5) is 10.1. The van der Waals surface area contributed by atoms with E-state index in [4.69, 9.17) is 9.73 Å². The van der Waals surface area contributed by atoms with E-state index in [1.165, 1.54) is 58.2 Å². The summed E-state index contributed by atoms with van der Waals surface area (Å²) in [5.74, 6) is 2.93. The van der Waals surface area contributed by atoms with E-state index in [9.17, 15) is 0 Å². The predicted molar refractivity (Wildman–Crippen MR) is 113 cm³/mol. The van der Waals surface area contributed by atoms with Crippen LogP contribution >= 0.6 is 24.0 Å². The minimum absolute atomic E-state index is 0. The molecule has 0 aromatic heterocycles. The van der Waals surface area contributed by atoms with Gasteiger partial charge in [-0.1, -0.05) is 12.8 Å². The fraction of sp³-hybridized carbons (Fsp3) is 0.947. The maximum absolute atomic E-state index is 6.08. The van der Waals surface area contributed by atoms with E-state index < -0.39 is 0 Å². The Kier molecular flexibility index (Phi) is 7.26. The smallest absolute Gasteiger partial charge is 0.194 e. The minimum Gasteiger partial charge on any atom is -0.373 e. The van der Waals surface area contributed by atoms with Crippen LogP contribution in [-0.4, -0.2) is 73.8 Å². The maximum atomic E-state index is 6.08. The normalized spacial score (nSPS) is 35.9. The Morgan fingerprint density at radius 3 is 2.56 bits per heavy atom. The highest BCUT2D eigenvalue weighted by molar-refractivity contribution is 14.0. The Balaban J connectivity index is 0.00000182. The predicted octanol–water partition coefficient (Wildman–Crippen LogP) is 2.56. The fourth-order valence-corrected chi connectivity index (χ4v) is 5.19. The molecule has 6 heteroatoms. The van der Waals surface area contributed by atoms with E-state index in [0.717, 1.165) is 44.0 Å². The first kappa shape index (κ1) is 19.7. The van der Waals surface area contributed by atoms with Crippen molar-refractivity contribution in [3.63, 3.8) is 0 Å². The Bertz CT molecular complexity index is 447. The van der Waals surface area contributed by atoms with Crippen LogP contribution in [0.15, 0.2) is 4.99 Å². The van der Waals surface area contributed by atoms with Gasteiger partial charge in [-0.05, 0) is 51.0 Å². The standard InChI is InChI=1S/C19H34N4O.HI/c1-2-20-19(23-11-15-6-3-4-7-16(15)12-23)21-10-18-13-22-9-5-8-17(22)14-24-18;/h15-18H,2-14H2,1H3,(H,20,21);1H. The number of nitrogens with one attached hydrogen (secondary N) is 1. The topological polar surface area (TPSA) is 40.1 Å². The molecule has 0 aromatic rings. The molecular weight excluding hydrogens is 427 g/mol. The first-order chi connectivity index (χ1) is 11.8. The molecule has 0 bridgehead atoms. The van der Waals surface area contributed by atoms with Crippen LogP contribution in [0, 0.1) is 11.8 Å². The first-order valence-electron chi connectivity index (χ1n) is 10.2. The zero-order valence-electron chi connectivity index (χ0n) is 15.7. The van der Waals surface area contributed by atoms with Gasteiger partial charge in [-0.25, -0.2) is 0 Å². The van der Waals surface area contributed by atoms with Gasteiger partial charge in [0.15, 0.2) is 5.96 Å². The van der Waals surface area contributed by atoms with Gasteiger partial charge in [0.2, 0.25) is 0 Å². The van der Waals surface area contributed by atoms with Crippen molar-refractivity contribution in [3.8, 4) is 0 Å². The number of fused-ring (bicyclic) bond motifs is 2. The van der Waals surface area contributed by atoms with Crippen molar-refractivity contribution < 1.29 is 4.74 Å². The number of nitrogens with zero attached hydrogens (tertiary/aromatic N) is 3. The molecule has 1 saturated carbocycles. The number of guanidine groups is 1. The van der Waals surface area contributed by atoms with Gasteiger partial charge >= 0.3 is 0 Å². The summed E-state index contributed by atoms with van der Waals surface area (Å²) in [6.07, 6.45) is 8.62. The molecule has 4 atom stereocenters. The lowest BCUT2D eigenvalue weighted by molar-refractivity contribution is -0.0432. The zero-order chi connectivity index (χ0) is 16.4. The van der Waals surface area contributed by atoms with Gasteiger partial charge in [0.25, 0.3) is 0 Å². The summed E-state index contributed by atoms with van der Waals surface area (Å²) in [6.45, 7) is 9.56. The summed E-state index contributed by atoms with van der Waals surface area (Å²) in [5, 5.41) is 3.53. The number of hydrogen-bond donors (Lipinski definition) is 1. The number of morpholine rings is 1. The molecule has 4 rings (SSSR count). The molecule has 0 aromatic carbocycles. The summed E-state index contributed by atoms with van der Waals surface area (Å²) in [6, 6.07) is 0.681. The Labute approximate surface area is 170 Å². The summed E-state index contributed by atoms with van der Waals surface area (Å²) >= 11 is 0. The molecule has 0 amide bonds. The quantitative estimate of drug-likeness (QED) is 0.398. The van der Waals surface area contributed by atoms with Crippen LogP contribution in [0.2, 0.25) is 0 Å². The average molecular weight is 462 g/mol. The monoisotopic (exact) mass is 462 g/mol. The number of halogens is 1. The Hall–Kier alpha value is -0.0800. The minimum atomic E-state index is 0. The number of ether oxygens (including phenoxy) is 1. The second-order valence-electron chi connectivity index (χ2n) is 8.15. The molecule has 0 radical (unpaired) electrons. The molecule has 25 heavy (non-hydrogen) atoms. The fourth-order valence-electron chi connectivity index (χ4n) is 5.19. The average Bonchev–Trinajstić information content (AvgIpc) is 3.24. The van der Waals surface area contributed by atoms with Crippen LogP contribution in [-0.2, 0) is 4.74 Å². The molecule has 1 aliphatic carbocycles. The number of likely N-dealkylation sites (tertiary alicyclic amines) is 1. The highest BCUT2D eigenvalue weighted by Gasteiger charge is 2.36. The van der Waals surface area contributed by atoms with Crippen LogP contribution in [0.3, 0.4) is 0 Å². The van der Waals surface area contributed by atoms with E-state index in [1.807, 2.05) is 0 Å². The van der Waals surface area contributed by atoms with Crippen molar-refractivity contribution in [1.29, 1.82) is 0 Å². The zero-order valence-corrected chi connectivity index (χ0v) is 18.0. The largest absolute Gasteiger partial charge is 0.373 e. The summed E-state index contributed by atoms with van der Waals surface area (Å²) < 4.78 is 6.08. The molecule has 3 saturated heterocycles. The van der Waals surface area contributed by atoms with E-state index in [0.29, 0.717) is 6.04 Å². The third kappa shape index (κ3) is 4.61. The van der Waals surface area contributed by atoms with Gasteiger partial charge in [-0.3, -0.25) is 9.89 Å². The van der Waals surface area contributed by atoms with Gasteiger partial charge in [-0.15, -0.1) is 24.0 Å². The van der Waals surface area contributed by atoms with Crippen molar-refractivity contribution >= 4 is 29.9 Å². The van der Waals surface area contributed by atoms with Crippen molar-refractivity contribution in [3.05, 3.63) is 0 Å². The van der Waals surface area contributed by atoms with Gasteiger partial charge < -0.3 is 15.0 Å². The third-order valence-electron chi connectivity index (χ3n) is 6.52. The Morgan fingerprint density at radius 1 is 1.08 bits per heavy atom. The van der Waals surface area contributed by atoms with Crippen LogP contribution in [0.5, 0.6) is 0 Å². The van der Waals surface area contributed by atoms with Gasteiger partial charge in [-0.2, -0.15) is 0 Å². The first-order valence-corrected chi connectivity index (χ1v) is 10.2. The van der Waals surface area contributed by atoms with Crippen LogP contribution in [0.25, 0.3) is 0 Å². The molecule has 3 aliphatic heterocycles. The van der Waals surface area contributed by atoms with Gasteiger partial charge in [0.1, 0.15) is 0 Å².